The van der Waals surface area contributed by atoms with Gasteiger partial charge in [-0.05, 0) is 76.5 Å². The molecule has 1 aliphatic carbocycles. The highest BCUT2D eigenvalue weighted by atomic mass is 16.5. The third-order valence-electron chi connectivity index (χ3n) is 7.51. The quantitative estimate of drug-likeness (QED) is 0.240. The number of ether oxygens (including phenoxy) is 1. The summed E-state index contributed by atoms with van der Waals surface area (Å²) in [6.45, 7) is 6.37. The maximum atomic E-state index is 11.6. The van der Waals surface area contributed by atoms with Crippen molar-refractivity contribution in [1.29, 1.82) is 0 Å². The topological polar surface area (TPSA) is 46.5 Å². The normalized spacial score (nSPS) is 17.5. The molecule has 1 aliphatic rings. The van der Waals surface area contributed by atoms with Crippen molar-refractivity contribution in [2.45, 2.75) is 57.8 Å². The summed E-state index contributed by atoms with van der Waals surface area (Å²) in [4.78, 5) is 11.6. The van der Waals surface area contributed by atoms with Gasteiger partial charge in [-0.25, -0.2) is 4.79 Å². The molecule has 36 heavy (non-hydrogen) atoms. The van der Waals surface area contributed by atoms with E-state index in [9.17, 15) is 4.79 Å². The monoisotopic (exact) mass is 482 g/mol. The van der Waals surface area contributed by atoms with Crippen LogP contribution in [0.4, 0.5) is 0 Å². The zero-order chi connectivity index (χ0) is 25.3. The number of benzene rings is 3. The minimum atomic E-state index is -0.395. The van der Waals surface area contributed by atoms with E-state index in [1.807, 2.05) is 0 Å². The first-order chi connectivity index (χ1) is 17.6. The lowest BCUT2D eigenvalue weighted by Crippen LogP contribution is -2.10. The average molecular weight is 483 g/mol. The Morgan fingerprint density at radius 3 is 2.25 bits per heavy atom. The van der Waals surface area contributed by atoms with Crippen LogP contribution in [0.3, 0.4) is 0 Å². The Bertz CT molecular complexity index is 1140. The van der Waals surface area contributed by atoms with Crippen LogP contribution in [-0.4, -0.2) is 24.3 Å². The minimum Gasteiger partial charge on any atom is -0.462 e. The van der Waals surface area contributed by atoms with Gasteiger partial charge in [0, 0.05) is 19.1 Å². The van der Waals surface area contributed by atoms with E-state index in [2.05, 4.69) is 80.2 Å². The van der Waals surface area contributed by atoms with Crippen LogP contribution in [0.15, 0.2) is 79.4 Å². The molecule has 0 aliphatic heterocycles. The Balaban J connectivity index is 1.57. The summed E-state index contributed by atoms with van der Waals surface area (Å²) in [5.41, 5.74) is 8.50. The summed E-state index contributed by atoms with van der Waals surface area (Å²) in [6.07, 6.45) is 8.72. The Labute approximate surface area is 215 Å². The van der Waals surface area contributed by atoms with Gasteiger partial charge in [0.1, 0.15) is 0 Å². The van der Waals surface area contributed by atoms with Crippen LogP contribution in [0.1, 0.15) is 61.6 Å². The summed E-state index contributed by atoms with van der Waals surface area (Å²) < 4.78 is 5.30. The number of carbonyl (C=O) groups is 1. The molecule has 1 N–H and O–H groups in total. The van der Waals surface area contributed by atoms with Crippen LogP contribution in [-0.2, 0) is 22.4 Å². The van der Waals surface area contributed by atoms with Gasteiger partial charge in [0.2, 0.25) is 0 Å². The number of esters is 1. The summed E-state index contributed by atoms with van der Waals surface area (Å²) in [5.74, 6) is 1.15. The first kappa shape index (κ1) is 25.9. The fraction of sp³-hybridized carbons (Fsp3) is 0.364. The second-order valence-electron chi connectivity index (χ2n) is 10.1. The summed E-state index contributed by atoms with van der Waals surface area (Å²) in [7, 11) is 0. The lowest BCUT2D eigenvalue weighted by Gasteiger charge is -2.26. The highest BCUT2D eigenvalue weighted by Gasteiger charge is 2.19. The predicted molar refractivity (Wildman–Crippen MR) is 148 cm³/mol. The minimum absolute atomic E-state index is 0.206. The molecule has 0 spiro atoms. The second-order valence-corrected chi connectivity index (χ2v) is 10.1. The highest BCUT2D eigenvalue weighted by molar-refractivity contribution is 5.81. The van der Waals surface area contributed by atoms with Crippen molar-refractivity contribution in [3.8, 4) is 22.3 Å². The second kappa shape index (κ2) is 12.7. The molecule has 4 rings (SSSR count). The van der Waals surface area contributed by atoms with Crippen molar-refractivity contribution in [2.24, 2.45) is 5.92 Å². The molecule has 0 saturated heterocycles. The standard InChI is InChI=1S/C33H38O3/c1-3-33(35)36-22-20-31-23-30(18-19-32(31)29-12-8-25(9-13-29)5-4-21-34)28-16-14-27(15-17-28)26-10-6-24(2)7-11-26/h3,8-9,12-19,23-24,26,34H,1,4-7,10-11,20-22H2,2H3. The zero-order valence-electron chi connectivity index (χ0n) is 21.4. The van der Waals surface area contributed by atoms with Gasteiger partial charge >= 0.3 is 5.97 Å². The number of aryl methyl sites for hydroxylation is 1. The van der Waals surface area contributed by atoms with E-state index in [-0.39, 0.29) is 6.61 Å². The van der Waals surface area contributed by atoms with Gasteiger partial charge in [-0.2, -0.15) is 0 Å². The first-order valence-corrected chi connectivity index (χ1v) is 13.3. The van der Waals surface area contributed by atoms with Gasteiger partial charge in [0.25, 0.3) is 0 Å². The molecule has 188 valence electrons. The molecule has 0 amide bonds. The summed E-state index contributed by atoms with van der Waals surface area (Å²) in [6, 6.07) is 24.2. The molecule has 0 heterocycles. The van der Waals surface area contributed by atoms with Gasteiger partial charge in [-0.15, -0.1) is 0 Å². The third kappa shape index (κ3) is 6.73. The van der Waals surface area contributed by atoms with Gasteiger partial charge in [-0.3, -0.25) is 0 Å². The molecule has 1 saturated carbocycles. The first-order valence-electron chi connectivity index (χ1n) is 13.3. The smallest absolute Gasteiger partial charge is 0.330 e. The number of aliphatic hydroxyl groups excluding tert-OH is 1. The number of hydrogen-bond acceptors (Lipinski definition) is 3. The fourth-order valence-electron chi connectivity index (χ4n) is 5.26. The van der Waals surface area contributed by atoms with Crippen LogP contribution < -0.4 is 0 Å². The van der Waals surface area contributed by atoms with Gasteiger partial charge in [0.15, 0.2) is 0 Å². The van der Waals surface area contributed by atoms with E-state index in [0.717, 1.165) is 35.4 Å². The number of carbonyl (C=O) groups excluding carboxylic acids is 1. The SMILES string of the molecule is C=CC(=O)OCCc1cc(-c2ccc(C3CCC(C)CC3)cc2)ccc1-c1ccc(CCCO)cc1. The van der Waals surface area contributed by atoms with Crippen molar-refractivity contribution in [2.75, 3.05) is 13.2 Å². The Morgan fingerprint density at radius 2 is 1.58 bits per heavy atom. The molecule has 0 bridgehead atoms. The predicted octanol–water partition coefficient (Wildman–Crippen LogP) is 7.51. The summed E-state index contributed by atoms with van der Waals surface area (Å²) in [5, 5.41) is 9.10. The van der Waals surface area contributed by atoms with E-state index in [1.165, 1.54) is 54.0 Å². The van der Waals surface area contributed by atoms with E-state index in [1.54, 1.807) is 0 Å². The van der Waals surface area contributed by atoms with Gasteiger partial charge in [-0.1, -0.05) is 93.1 Å². The number of rotatable bonds is 10. The number of hydrogen-bond donors (Lipinski definition) is 1. The largest absolute Gasteiger partial charge is 0.462 e. The maximum absolute atomic E-state index is 11.6. The van der Waals surface area contributed by atoms with Crippen molar-refractivity contribution < 1.29 is 14.6 Å². The maximum Gasteiger partial charge on any atom is 0.330 e. The Hall–Kier alpha value is -3.17. The van der Waals surface area contributed by atoms with E-state index < -0.39 is 5.97 Å². The molecule has 3 aromatic carbocycles. The van der Waals surface area contributed by atoms with E-state index in [4.69, 9.17) is 9.84 Å². The molecule has 0 radical (unpaired) electrons. The number of aliphatic hydroxyl groups is 1. The molecule has 0 atom stereocenters. The molecule has 0 aromatic heterocycles. The van der Waals surface area contributed by atoms with Crippen LogP contribution in [0.2, 0.25) is 0 Å². The zero-order valence-corrected chi connectivity index (χ0v) is 21.4. The van der Waals surface area contributed by atoms with Crippen LogP contribution >= 0.6 is 0 Å². The molecule has 3 aromatic rings. The molecule has 0 unspecified atom stereocenters. The summed E-state index contributed by atoms with van der Waals surface area (Å²) >= 11 is 0. The van der Waals surface area contributed by atoms with Crippen molar-refractivity contribution in [3.63, 3.8) is 0 Å². The average Bonchev–Trinajstić information content (AvgIpc) is 2.92. The van der Waals surface area contributed by atoms with Crippen LogP contribution in [0, 0.1) is 5.92 Å². The molecule has 3 heteroatoms. The Morgan fingerprint density at radius 1 is 0.917 bits per heavy atom. The molecular formula is C33H38O3. The lowest BCUT2D eigenvalue weighted by atomic mass is 9.79. The fourth-order valence-corrected chi connectivity index (χ4v) is 5.26. The van der Waals surface area contributed by atoms with Crippen LogP contribution in [0.5, 0.6) is 0 Å². The highest BCUT2D eigenvalue weighted by Crippen LogP contribution is 2.36. The van der Waals surface area contributed by atoms with Crippen LogP contribution in [0.25, 0.3) is 22.3 Å². The molecule has 1 fully saturated rings. The van der Waals surface area contributed by atoms with Gasteiger partial charge < -0.3 is 9.84 Å². The third-order valence-corrected chi connectivity index (χ3v) is 7.51. The van der Waals surface area contributed by atoms with E-state index >= 15 is 0 Å². The van der Waals surface area contributed by atoms with Crippen molar-refractivity contribution in [1.82, 2.24) is 0 Å². The van der Waals surface area contributed by atoms with Crippen molar-refractivity contribution >= 4 is 5.97 Å². The van der Waals surface area contributed by atoms with Gasteiger partial charge in [0.05, 0.1) is 6.61 Å². The lowest BCUT2D eigenvalue weighted by molar-refractivity contribution is -0.137. The molecule has 3 nitrogen and oxygen atoms in total. The Kier molecular flexibility index (Phi) is 9.13. The molecular weight excluding hydrogens is 444 g/mol. The van der Waals surface area contributed by atoms with Crippen molar-refractivity contribution in [3.05, 3.63) is 96.1 Å². The van der Waals surface area contributed by atoms with E-state index in [0.29, 0.717) is 18.9 Å².